The van der Waals surface area contributed by atoms with E-state index >= 15 is 0 Å². The van der Waals surface area contributed by atoms with Gasteiger partial charge in [-0.3, -0.25) is 4.79 Å². The Hall–Kier alpha value is -3.34. The number of methoxy groups -OCH3 is 1. The first-order chi connectivity index (χ1) is 13.6. The third-order valence-corrected chi connectivity index (χ3v) is 4.63. The summed E-state index contributed by atoms with van der Waals surface area (Å²) in [7, 11) is 1.58. The molecular weight excluding hydrogens is 354 g/mol. The zero-order chi connectivity index (χ0) is 19.9. The molecule has 0 aromatic heterocycles. The van der Waals surface area contributed by atoms with Gasteiger partial charge in [-0.2, -0.15) is 0 Å². The van der Waals surface area contributed by atoms with Crippen LogP contribution in [0.25, 0.3) is 10.8 Å². The average Bonchev–Trinajstić information content (AvgIpc) is 2.75. The van der Waals surface area contributed by atoms with Crippen molar-refractivity contribution in [2.24, 2.45) is 0 Å². The van der Waals surface area contributed by atoms with Crippen molar-refractivity contribution in [2.75, 3.05) is 20.3 Å². The van der Waals surface area contributed by atoms with Gasteiger partial charge >= 0.3 is 5.97 Å². The fraction of sp³-hybridized carbons (Fsp3) is 0.217. The zero-order valence-corrected chi connectivity index (χ0v) is 16.0. The van der Waals surface area contributed by atoms with Gasteiger partial charge in [-0.1, -0.05) is 61.5 Å². The Morgan fingerprint density at radius 3 is 2.32 bits per heavy atom. The van der Waals surface area contributed by atoms with E-state index in [2.05, 4.69) is 5.32 Å². The van der Waals surface area contributed by atoms with Crippen molar-refractivity contribution >= 4 is 22.6 Å². The number of nitrogens with one attached hydrogen (secondary N) is 1. The van der Waals surface area contributed by atoms with E-state index in [1.165, 1.54) is 0 Å². The lowest BCUT2D eigenvalue weighted by molar-refractivity contribution is -0.124. The molecule has 0 bridgehead atoms. The molecule has 0 radical (unpaired) electrons. The number of amides is 1. The molecule has 3 rings (SSSR count). The van der Waals surface area contributed by atoms with Crippen LogP contribution in [0.2, 0.25) is 0 Å². The van der Waals surface area contributed by atoms with Gasteiger partial charge < -0.3 is 14.8 Å². The van der Waals surface area contributed by atoms with Crippen molar-refractivity contribution in [1.82, 2.24) is 5.32 Å². The van der Waals surface area contributed by atoms with Crippen LogP contribution < -0.4 is 10.1 Å². The molecular formula is C23H23NO4. The summed E-state index contributed by atoms with van der Waals surface area (Å²) in [6.07, 6.45) is 0. The highest BCUT2D eigenvalue weighted by molar-refractivity contribution is 6.06. The number of fused-ring (bicyclic) bond motifs is 1. The van der Waals surface area contributed by atoms with Crippen molar-refractivity contribution in [2.45, 2.75) is 12.8 Å². The van der Waals surface area contributed by atoms with E-state index in [0.717, 1.165) is 16.3 Å². The Labute approximate surface area is 164 Å². The van der Waals surface area contributed by atoms with E-state index in [-0.39, 0.29) is 18.4 Å². The van der Waals surface area contributed by atoms with Crippen LogP contribution in [0.15, 0.2) is 66.7 Å². The van der Waals surface area contributed by atoms with Gasteiger partial charge in [0.1, 0.15) is 5.75 Å². The fourth-order valence-corrected chi connectivity index (χ4v) is 3.05. The van der Waals surface area contributed by atoms with E-state index in [1.807, 2.05) is 61.5 Å². The molecule has 0 unspecified atom stereocenters. The SMILES string of the molecule is COc1ccc(C(=O)OCC(=O)NC[C@H](C)c2ccccc2)c2ccccc12. The molecule has 0 aliphatic carbocycles. The summed E-state index contributed by atoms with van der Waals surface area (Å²) in [6.45, 7) is 2.19. The molecule has 5 nitrogen and oxygen atoms in total. The molecule has 28 heavy (non-hydrogen) atoms. The lowest BCUT2D eigenvalue weighted by Gasteiger charge is -2.13. The number of rotatable bonds is 7. The Morgan fingerprint density at radius 1 is 0.929 bits per heavy atom. The summed E-state index contributed by atoms with van der Waals surface area (Å²) in [4.78, 5) is 24.5. The largest absolute Gasteiger partial charge is 0.496 e. The smallest absolute Gasteiger partial charge is 0.339 e. The molecule has 0 aliphatic heterocycles. The van der Waals surface area contributed by atoms with E-state index in [9.17, 15) is 9.59 Å². The zero-order valence-electron chi connectivity index (χ0n) is 16.0. The van der Waals surface area contributed by atoms with Crippen LogP contribution in [0.4, 0.5) is 0 Å². The minimum absolute atomic E-state index is 0.173. The topological polar surface area (TPSA) is 64.6 Å². The van der Waals surface area contributed by atoms with Crippen LogP contribution in [0.5, 0.6) is 5.75 Å². The first-order valence-electron chi connectivity index (χ1n) is 9.14. The third-order valence-electron chi connectivity index (χ3n) is 4.63. The van der Waals surface area contributed by atoms with Crippen molar-refractivity contribution < 1.29 is 19.1 Å². The molecule has 3 aromatic carbocycles. The second kappa shape index (κ2) is 9.04. The Balaban J connectivity index is 1.58. The number of ether oxygens (including phenoxy) is 2. The highest BCUT2D eigenvalue weighted by atomic mass is 16.5. The minimum atomic E-state index is -0.537. The van der Waals surface area contributed by atoms with Crippen LogP contribution in [-0.4, -0.2) is 32.1 Å². The van der Waals surface area contributed by atoms with Gasteiger partial charge in [-0.25, -0.2) is 4.79 Å². The Morgan fingerprint density at radius 2 is 1.61 bits per heavy atom. The molecule has 0 aliphatic rings. The molecule has 5 heteroatoms. The summed E-state index contributed by atoms with van der Waals surface area (Å²) >= 11 is 0. The maximum atomic E-state index is 12.5. The van der Waals surface area contributed by atoms with Crippen molar-refractivity contribution in [1.29, 1.82) is 0 Å². The predicted octanol–water partition coefficient (Wildman–Crippen LogP) is 3.93. The van der Waals surface area contributed by atoms with E-state index < -0.39 is 5.97 Å². The number of benzene rings is 3. The fourth-order valence-electron chi connectivity index (χ4n) is 3.05. The first-order valence-corrected chi connectivity index (χ1v) is 9.14. The summed E-state index contributed by atoms with van der Waals surface area (Å²) in [5.41, 5.74) is 1.55. The third kappa shape index (κ3) is 4.49. The lowest BCUT2D eigenvalue weighted by atomic mass is 10.0. The number of hydrogen-bond acceptors (Lipinski definition) is 4. The first kappa shape index (κ1) is 19.4. The molecule has 1 amide bonds. The molecule has 0 saturated heterocycles. The monoisotopic (exact) mass is 377 g/mol. The van der Waals surface area contributed by atoms with Crippen LogP contribution in [-0.2, 0) is 9.53 Å². The predicted molar refractivity (Wildman–Crippen MR) is 109 cm³/mol. The minimum Gasteiger partial charge on any atom is -0.496 e. The maximum absolute atomic E-state index is 12.5. The molecule has 1 atom stereocenters. The molecule has 0 heterocycles. The summed E-state index contributed by atoms with van der Waals surface area (Å²) in [5, 5.41) is 4.35. The number of carbonyl (C=O) groups is 2. The van der Waals surface area contributed by atoms with Crippen molar-refractivity contribution in [3.8, 4) is 5.75 Å². The molecule has 0 spiro atoms. The molecule has 3 aromatic rings. The Kier molecular flexibility index (Phi) is 6.27. The average molecular weight is 377 g/mol. The normalized spacial score (nSPS) is 11.6. The Bertz CT molecular complexity index is 969. The second-order valence-electron chi connectivity index (χ2n) is 6.55. The molecule has 144 valence electrons. The van der Waals surface area contributed by atoms with Gasteiger partial charge in [-0.15, -0.1) is 0 Å². The van der Waals surface area contributed by atoms with Crippen LogP contribution >= 0.6 is 0 Å². The van der Waals surface area contributed by atoms with E-state index in [0.29, 0.717) is 17.9 Å². The van der Waals surface area contributed by atoms with Gasteiger partial charge in [0.05, 0.1) is 12.7 Å². The summed E-state index contributed by atoms with van der Waals surface area (Å²) in [5.74, 6) is -0.00904. The van der Waals surface area contributed by atoms with Gasteiger partial charge in [0.15, 0.2) is 6.61 Å². The number of hydrogen-bond donors (Lipinski definition) is 1. The highest BCUT2D eigenvalue weighted by Gasteiger charge is 2.16. The summed E-state index contributed by atoms with van der Waals surface area (Å²) in [6, 6.07) is 20.7. The number of carbonyl (C=O) groups excluding carboxylic acids is 2. The van der Waals surface area contributed by atoms with Gasteiger partial charge in [0.2, 0.25) is 0 Å². The van der Waals surface area contributed by atoms with Crippen LogP contribution in [0.1, 0.15) is 28.8 Å². The standard InChI is InChI=1S/C23H23NO4/c1-16(17-8-4-3-5-9-17)14-24-22(25)15-28-23(26)20-12-13-21(27-2)19-11-7-6-10-18(19)20/h3-13,16H,14-15H2,1-2H3,(H,24,25)/t16-/m0/s1. The van der Waals surface area contributed by atoms with Gasteiger partial charge in [-0.05, 0) is 29.0 Å². The van der Waals surface area contributed by atoms with Crippen molar-refractivity contribution in [3.63, 3.8) is 0 Å². The van der Waals surface area contributed by atoms with Crippen LogP contribution in [0, 0.1) is 0 Å². The molecule has 0 fully saturated rings. The summed E-state index contributed by atoms with van der Waals surface area (Å²) < 4.78 is 10.6. The lowest BCUT2D eigenvalue weighted by Crippen LogP contribution is -2.31. The quantitative estimate of drug-likeness (QED) is 0.634. The number of esters is 1. The molecule has 0 saturated carbocycles. The van der Waals surface area contributed by atoms with E-state index in [4.69, 9.17) is 9.47 Å². The van der Waals surface area contributed by atoms with Crippen LogP contribution in [0.3, 0.4) is 0 Å². The second-order valence-corrected chi connectivity index (χ2v) is 6.55. The highest BCUT2D eigenvalue weighted by Crippen LogP contribution is 2.28. The van der Waals surface area contributed by atoms with Gasteiger partial charge in [0.25, 0.3) is 5.91 Å². The molecule has 1 N–H and O–H groups in total. The van der Waals surface area contributed by atoms with Gasteiger partial charge in [0, 0.05) is 11.9 Å². The van der Waals surface area contributed by atoms with E-state index in [1.54, 1.807) is 19.2 Å². The van der Waals surface area contributed by atoms with Crippen molar-refractivity contribution in [3.05, 3.63) is 77.9 Å². The maximum Gasteiger partial charge on any atom is 0.339 e.